The maximum Gasteiger partial charge on any atom is 0.262 e. The molecule has 0 fully saturated rings. The van der Waals surface area contributed by atoms with Crippen LogP contribution in [-0.2, 0) is 4.79 Å². The van der Waals surface area contributed by atoms with Crippen LogP contribution in [-0.4, -0.2) is 17.5 Å². The second-order valence-corrected chi connectivity index (χ2v) is 6.66. The van der Waals surface area contributed by atoms with Crippen LogP contribution in [0.2, 0.25) is 5.02 Å². The van der Waals surface area contributed by atoms with E-state index in [1.165, 1.54) is 0 Å². The molecule has 5 nitrogen and oxygen atoms in total. The lowest BCUT2D eigenvalue weighted by atomic mass is 10.2. The van der Waals surface area contributed by atoms with Crippen molar-refractivity contribution in [1.29, 1.82) is 5.26 Å². The van der Waals surface area contributed by atoms with E-state index < -0.39 is 0 Å². The Labute approximate surface area is 162 Å². The van der Waals surface area contributed by atoms with Gasteiger partial charge in [-0.05, 0) is 65.1 Å². The Hall–Kier alpha value is -2.37. The van der Waals surface area contributed by atoms with Crippen LogP contribution >= 0.6 is 34.2 Å². The SMILES string of the molecule is N#Cc1ccc(NC(=O)COc2c(I)cc(Cl)c3cccnc23)cc1. The smallest absolute Gasteiger partial charge is 0.262 e. The number of ether oxygens (including phenoxy) is 1. The fourth-order valence-electron chi connectivity index (χ4n) is 2.25. The average molecular weight is 464 g/mol. The number of benzene rings is 2. The quantitative estimate of drug-likeness (QED) is 0.583. The summed E-state index contributed by atoms with van der Waals surface area (Å²) in [6, 6.07) is 14.1. The number of carbonyl (C=O) groups is 1. The van der Waals surface area contributed by atoms with Crippen molar-refractivity contribution in [3.63, 3.8) is 0 Å². The van der Waals surface area contributed by atoms with E-state index in [0.29, 0.717) is 27.5 Å². The summed E-state index contributed by atoms with van der Waals surface area (Å²) in [5.74, 6) is 0.218. The van der Waals surface area contributed by atoms with E-state index in [0.717, 1.165) is 8.96 Å². The highest BCUT2D eigenvalue weighted by Crippen LogP contribution is 2.34. The van der Waals surface area contributed by atoms with Crippen LogP contribution in [0.3, 0.4) is 0 Å². The largest absolute Gasteiger partial charge is 0.480 e. The molecule has 0 saturated carbocycles. The summed E-state index contributed by atoms with van der Waals surface area (Å²) in [5, 5.41) is 12.9. The molecule has 0 aliphatic rings. The van der Waals surface area contributed by atoms with Crippen LogP contribution in [0.15, 0.2) is 48.7 Å². The van der Waals surface area contributed by atoms with Crippen LogP contribution in [0.4, 0.5) is 5.69 Å². The zero-order valence-electron chi connectivity index (χ0n) is 12.8. The zero-order chi connectivity index (χ0) is 17.8. The number of hydrogen-bond acceptors (Lipinski definition) is 4. The third-order valence-electron chi connectivity index (χ3n) is 3.40. The fraction of sp³-hybridized carbons (Fsp3) is 0.0556. The summed E-state index contributed by atoms with van der Waals surface area (Å²) >= 11 is 8.33. The number of anilines is 1. The Morgan fingerprint density at radius 1 is 1.32 bits per heavy atom. The van der Waals surface area contributed by atoms with Crippen molar-refractivity contribution < 1.29 is 9.53 Å². The molecule has 0 unspecified atom stereocenters. The second kappa shape index (κ2) is 7.68. The molecule has 1 aromatic heterocycles. The van der Waals surface area contributed by atoms with E-state index in [-0.39, 0.29) is 12.5 Å². The van der Waals surface area contributed by atoms with Gasteiger partial charge in [-0.3, -0.25) is 9.78 Å². The van der Waals surface area contributed by atoms with Crippen molar-refractivity contribution in [3.8, 4) is 11.8 Å². The van der Waals surface area contributed by atoms with Gasteiger partial charge in [-0.15, -0.1) is 0 Å². The topological polar surface area (TPSA) is 75.0 Å². The number of rotatable bonds is 4. The Balaban J connectivity index is 1.74. The molecule has 3 rings (SSSR count). The van der Waals surface area contributed by atoms with E-state index >= 15 is 0 Å². The van der Waals surface area contributed by atoms with Gasteiger partial charge in [-0.25, -0.2) is 0 Å². The monoisotopic (exact) mass is 463 g/mol. The van der Waals surface area contributed by atoms with Gasteiger partial charge in [-0.1, -0.05) is 11.6 Å². The van der Waals surface area contributed by atoms with Crippen molar-refractivity contribution in [2.75, 3.05) is 11.9 Å². The predicted molar refractivity (Wildman–Crippen MR) is 105 cm³/mol. The first kappa shape index (κ1) is 17.5. The molecule has 1 heterocycles. The van der Waals surface area contributed by atoms with Crippen LogP contribution in [0.5, 0.6) is 5.75 Å². The first-order valence-corrected chi connectivity index (χ1v) is 8.69. The summed E-state index contributed by atoms with van der Waals surface area (Å²) in [4.78, 5) is 16.4. The average Bonchev–Trinajstić information content (AvgIpc) is 2.62. The Morgan fingerprint density at radius 2 is 2.08 bits per heavy atom. The van der Waals surface area contributed by atoms with Crippen molar-refractivity contribution in [2.45, 2.75) is 0 Å². The molecule has 2 aromatic carbocycles. The molecular formula is C18H11ClIN3O2. The lowest BCUT2D eigenvalue weighted by Crippen LogP contribution is -2.20. The molecule has 0 atom stereocenters. The molecule has 0 aliphatic carbocycles. The van der Waals surface area contributed by atoms with Crippen molar-refractivity contribution in [3.05, 3.63) is 62.8 Å². The van der Waals surface area contributed by atoms with E-state index in [1.807, 2.05) is 12.1 Å². The van der Waals surface area contributed by atoms with Crippen LogP contribution in [0.25, 0.3) is 10.9 Å². The number of hydrogen-bond donors (Lipinski definition) is 1. The van der Waals surface area contributed by atoms with Gasteiger partial charge in [0.1, 0.15) is 5.52 Å². The lowest BCUT2D eigenvalue weighted by Gasteiger charge is -2.12. The molecule has 0 radical (unpaired) electrons. The van der Waals surface area contributed by atoms with Crippen molar-refractivity contribution in [2.24, 2.45) is 0 Å². The van der Waals surface area contributed by atoms with Gasteiger partial charge >= 0.3 is 0 Å². The first-order chi connectivity index (χ1) is 12.1. The summed E-state index contributed by atoms with van der Waals surface area (Å²) in [6.45, 7) is -0.163. The van der Waals surface area contributed by atoms with E-state index in [4.69, 9.17) is 21.6 Å². The molecule has 7 heteroatoms. The molecule has 3 aromatic rings. The number of aromatic nitrogens is 1. The minimum absolute atomic E-state index is 0.163. The summed E-state index contributed by atoms with van der Waals surface area (Å²) < 4.78 is 6.47. The molecule has 1 N–H and O–H groups in total. The normalized spacial score (nSPS) is 10.3. The van der Waals surface area contributed by atoms with Crippen LogP contribution in [0, 0.1) is 14.9 Å². The van der Waals surface area contributed by atoms with E-state index in [2.05, 4.69) is 32.9 Å². The number of pyridine rings is 1. The Kier molecular flexibility index (Phi) is 5.36. The van der Waals surface area contributed by atoms with Crippen molar-refractivity contribution in [1.82, 2.24) is 4.98 Å². The van der Waals surface area contributed by atoms with Gasteiger partial charge < -0.3 is 10.1 Å². The van der Waals surface area contributed by atoms with E-state index in [9.17, 15) is 4.79 Å². The Morgan fingerprint density at radius 3 is 2.80 bits per heavy atom. The highest BCUT2D eigenvalue weighted by molar-refractivity contribution is 14.1. The number of fused-ring (bicyclic) bond motifs is 1. The lowest BCUT2D eigenvalue weighted by molar-refractivity contribution is -0.118. The molecular weight excluding hydrogens is 453 g/mol. The number of halogens is 2. The standard InChI is InChI=1S/C18H11ClIN3O2/c19-14-8-15(20)18(17-13(14)2-1-7-22-17)25-10-16(24)23-12-5-3-11(9-21)4-6-12/h1-8H,10H2,(H,23,24). The number of nitrogens with zero attached hydrogens (tertiary/aromatic N) is 2. The summed E-state index contributed by atoms with van der Waals surface area (Å²) in [5.41, 5.74) is 1.74. The summed E-state index contributed by atoms with van der Waals surface area (Å²) in [7, 11) is 0. The Bertz CT molecular complexity index is 984. The number of carbonyl (C=O) groups excluding carboxylic acids is 1. The molecule has 25 heavy (non-hydrogen) atoms. The van der Waals surface area contributed by atoms with Gasteiger partial charge in [0.2, 0.25) is 0 Å². The maximum absolute atomic E-state index is 12.1. The molecule has 1 amide bonds. The fourth-order valence-corrected chi connectivity index (χ4v) is 3.42. The molecule has 0 bridgehead atoms. The minimum Gasteiger partial charge on any atom is -0.480 e. The summed E-state index contributed by atoms with van der Waals surface area (Å²) in [6.07, 6.45) is 1.65. The number of nitriles is 1. The number of amides is 1. The zero-order valence-corrected chi connectivity index (χ0v) is 15.7. The third-order valence-corrected chi connectivity index (χ3v) is 4.51. The molecule has 0 aliphatic heterocycles. The van der Waals surface area contributed by atoms with Gasteiger partial charge in [0.25, 0.3) is 5.91 Å². The minimum atomic E-state index is -0.306. The third kappa shape index (κ3) is 4.00. The van der Waals surface area contributed by atoms with E-state index in [1.54, 1.807) is 42.6 Å². The highest BCUT2D eigenvalue weighted by atomic mass is 127. The molecule has 124 valence electrons. The van der Waals surface area contributed by atoms with Gasteiger partial charge in [-0.2, -0.15) is 5.26 Å². The van der Waals surface area contributed by atoms with Crippen LogP contribution < -0.4 is 10.1 Å². The van der Waals surface area contributed by atoms with Crippen LogP contribution in [0.1, 0.15) is 5.56 Å². The van der Waals surface area contributed by atoms with Crippen molar-refractivity contribution >= 4 is 56.7 Å². The maximum atomic E-state index is 12.1. The second-order valence-electron chi connectivity index (χ2n) is 5.09. The van der Waals surface area contributed by atoms with Gasteiger partial charge in [0, 0.05) is 17.3 Å². The molecule has 0 spiro atoms. The highest BCUT2D eigenvalue weighted by Gasteiger charge is 2.13. The predicted octanol–water partition coefficient (Wildman–Crippen LogP) is 4.38. The number of nitrogens with one attached hydrogen (secondary N) is 1. The first-order valence-electron chi connectivity index (χ1n) is 7.24. The molecule has 0 saturated heterocycles. The van der Waals surface area contributed by atoms with Gasteiger partial charge in [0.15, 0.2) is 12.4 Å². The van der Waals surface area contributed by atoms with Gasteiger partial charge in [0.05, 0.1) is 20.2 Å².